The van der Waals surface area contributed by atoms with E-state index in [-0.39, 0.29) is 0 Å². The Morgan fingerprint density at radius 1 is 1.25 bits per heavy atom. The minimum absolute atomic E-state index is 0.449. The quantitative estimate of drug-likeness (QED) is 0.781. The number of pyridine rings is 1. The highest BCUT2D eigenvalue weighted by molar-refractivity contribution is 7.99. The first-order chi connectivity index (χ1) is 9.78. The van der Waals surface area contributed by atoms with Crippen molar-refractivity contribution in [3.63, 3.8) is 0 Å². The molecule has 0 aliphatic carbocycles. The summed E-state index contributed by atoms with van der Waals surface area (Å²) < 4.78 is 0. The molecule has 0 bridgehead atoms. The number of nitrogens with one attached hydrogen (secondary N) is 1. The Morgan fingerprint density at radius 3 is 2.70 bits per heavy atom. The molecule has 1 aromatic heterocycles. The second kappa shape index (κ2) is 8.30. The van der Waals surface area contributed by atoms with E-state index in [4.69, 9.17) is 11.6 Å². The van der Waals surface area contributed by atoms with Gasteiger partial charge in [0.05, 0.1) is 0 Å². The summed E-state index contributed by atoms with van der Waals surface area (Å²) in [7, 11) is 0. The van der Waals surface area contributed by atoms with Gasteiger partial charge in [-0.3, -0.25) is 4.98 Å². The molecule has 0 saturated heterocycles. The zero-order valence-corrected chi connectivity index (χ0v) is 13.1. The van der Waals surface area contributed by atoms with Crippen LogP contribution in [-0.2, 0) is 6.42 Å². The minimum Gasteiger partial charge on any atom is -0.313 e. The molecule has 0 saturated carbocycles. The lowest BCUT2D eigenvalue weighted by Gasteiger charge is -2.17. The number of halogens is 1. The monoisotopic (exact) mass is 306 g/mol. The Labute approximate surface area is 130 Å². The molecule has 2 aromatic rings. The largest absolute Gasteiger partial charge is 0.313 e. The molecule has 20 heavy (non-hydrogen) atoms. The molecule has 0 fully saturated rings. The van der Waals surface area contributed by atoms with Crippen molar-refractivity contribution in [1.29, 1.82) is 0 Å². The van der Waals surface area contributed by atoms with Crippen LogP contribution >= 0.6 is 23.4 Å². The Bertz CT molecular complexity index is 502. The topological polar surface area (TPSA) is 24.9 Å². The number of hydrogen-bond donors (Lipinski definition) is 1. The number of nitrogens with zero attached hydrogens (tertiary/aromatic N) is 1. The Morgan fingerprint density at radius 2 is 2.05 bits per heavy atom. The third kappa shape index (κ3) is 5.16. The molecule has 106 valence electrons. The van der Waals surface area contributed by atoms with Gasteiger partial charge in [0.2, 0.25) is 0 Å². The maximum Gasteiger partial charge on any atom is 0.0406 e. The van der Waals surface area contributed by atoms with E-state index in [1.807, 2.05) is 42.4 Å². The van der Waals surface area contributed by atoms with Crippen molar-refractivity contribution in [3.05, 3.63) is 59.4 Å². The van der Waals surface area contributed by atoms with E-state index >= 15 is 0 Å². The SMILES string of the molecule is CCNC(CSc1ccc(Cl)cc1)Cc1cccnc1. The highest BCUT2D eigenvalue weighted by Crippen LogP contribution is 2.21. The van der Waals surface area contributed by atoms with Crippen LogP contribution < -0.4 is 5.32 Å². The number of benzene rings is 1. The summed E-state index contributed by atoms with van der Waals surface area (Å²) in [6.45, 7) is 3.12. The van der Waals surface area contributed by atoms with Gasteiger partial charge >= 0.3 is 0 Å². The first kappa shape index (κ1) is 15.4. The number of rotatable bonds is 7. The molecule has 4 heteroatoms. The van der Waals surface area contributed by atoms with Crippen molar-refractivity contribution in [3.8, 4) is 0 Å². The molecule has 1 aromatic carbocycles. The Hall–Kier alpha value is -1.03. The molecule has 2 nitrogen and oxygen atoms in total. The van der Waals surface area contributed by atoms with Gasteiger partial charge in [0, 0.05) is 34.1 Å². The summed E-state index contributed by atoms with van der Waals surface area (Å²) in [5.74, 6) is 1.03. The van der Waals surface area contributed by atoms with Gasteiger partial charge in [0.1, 0.15) is 0 Å². The third-order valence-corrected chi connectivity index (χ3v) is 4.39. The minimum atomic E-state index is 0.449. The van der Waals surface area contributed by atoms with Crippen molar-refractivity contribution in [1.82, 2.24) is 10.3 Å². The van der Waals surface area contributed by atoms with Crippen LogP contribution in [0.15, 0.2) is 53.7 Å². The fourth-order valence-electron chi connectivity index (χ4n) is 2.01. The molecule has 0 amide bonds. The highest BCUT2D eigenvalue weighted by atomic mass is 35.5. The zero-order chi connectivity index (χ0) is 14.2. The molecule has 0 radical (unpaired) electrons. The smallest absolute Gasteiger partial charge is 0.0406 e. The van der Waals surface area contributed by atoms with Gasteiger partial charge < -0.3 is 5.32 Å². The summed E-state index contributed by atoms with van der Waals surface area (Å²) in [5.41, 5.74) is 1.27. The van der Waals surface area contributed by atoms with Crippen LogP contribution in [0.2, 0.25) is 5.02 Å². The molecule has 0 spiro atoms. The molecular formula is C16H19ClN2S. The molecule has 1 N–H and O–H groups in total. The second-order valence-electron chi connectivity index (χ2n) is 4.58. The number of hydrogen-bond acceptors (Lipinski definition) is 3. The maximum atomic E-state index is 5.90. The van der Waals surface area contributed by atoms with Crippen LogP contribution in [0.4, 0.5) is 0 Å². The molecule has 2 rings (SSSR count). The lowest BCUT2D eigenvalue weighted by Crippen LogP contribution is -2.33. The van der Waals surface area contributed by atoms with Gasteiger partial charge in [-0.15, -0.1) is 11.8 Å². The number of likely N-dealkylation sites (N-methyl/N-ethyl adjacent to an activating group) is 1. The summed E-state index contributed by atoms with van der Waals surface area (Å²) >= 11 is 7.76. The normalized spacial score (nSPS) is 12.3. The van der Waals surface area contributed by atoms with Gasteiger partial charge in [-0.1, -0.05) is 24.6 Å². The van der Waals surface area contributed by atoms with Gasteiger partial charge in [-0.2, -0.15) is 0 Å². The van der Waals surface area contributed by atoms with Gasteiger partial charge in [0.15, 0.2) is 0 Å². The van der Waals surface area contributed by atoms with Crippen LogP contribution in [0.25, 0.3) is 0 Å². The first-order valence-electron chi connectivity index (χ1n) is 6.78. The Kier molecular flexibility index (Phi) is 6.37. The average molecular weight is 307 g/mol. The Balaban J connectivity index is 1.90. The zero-order valence-electron chi connectivity index (χ0n) is 11.6. The standard InChI is InChI=1S/C16H19ClN2S/c1-2-19-15(10-13-4-3-9-18-11-13)12-20-16-7-5-14(17)6-8-16/h3-9,11,15,19H,2,10,12H2,1H3. The highest BCUT2D eigenvalue weighted by Gasteiger charge is 2.09. The lowest BCUT2D eigenvalue weighted by molar-refractivity contribution is 0.572. The van der Waals surface area contributed by atoms with Gasteiger partial charge in [-0.05, 0) is 48.9 Å². The van der Waals surface area contributed by atoms with E-state index < -0.39 is 0 Å². The van der Waals surface area contributed by atoms with Crippen LogP contribution in [0, 0.1) is 0 Å². The summed E-state index contributed by atoms with van der Waals surface area (Å²) in [4.78, 5) is 5.43. The van der Waals surface area contributed by atoms with E-state index in [1.165, 1.54) is 10.5 Å². The molecular weight excluding hydrogens is 288 g/mol. The van der Waals surface area contributed by atoms with Crippen molar-refractivity contribution < 1.29 is 0 Å². The molecule has 1 unspecified atom stereocenters. The van der Waals surface area contributed by atoms with E-state index in [0.717, 1.165) is 23.7 Å². The van der Waals surface area contributed by atoms with Crippen LogP contribution in [0.1, 0.15) is 12.5 Å². The average Bonchev–Trinajstić information content (AvgIpc) is 2.48. The van der Waals surface area contributed by atoms with Crippen molar-refractivity contribution in [2.24, 2.45) is 0 Å². The van der Waals surface area contributed by atoms with Crippen LogP contribution in [0.3, 0.4) is 0 Å². The number of thioether (sulfide) groups is 1. The maximum absolute atomic E-state index is 5.90. The summed E-state index contributed by atoms with van der Waals surface area (Å²) in [6, 6.07) is 12.6. The molecule has 0 aliphatic rings. The lowest BCUT2D eigenvalue weighted by atomic mass is 10.1. The van der Waals surface area contributed by atoms with Crippen LogP contribution in [0.5, 0.6) is 0 Å². The fraction of sp³-hybridized carbons (Fsp3) is 0.312. The second-order valence-corrected chi connectivity index (χ2v) is 6.11. The molecule has 1 atom stereocenters. The van der Waals surface area contributed by atoms with E-state index in [1.54, 1.807) is 0 Å². The predicted octanol–water partition coefficient (Wildman–Crippen LogP) is 4.05. The first-order valence-corrected chi connectivity index (χ1v) is 8.15. The van der Waals surface area contributed by atoms with Gasteiger partial charge in [-0.25, -0.2) is 0 Å². The fourth-order valence-corrected chi connectivity index (χ4v) is 3.09. The third-order valence-electron chi connectivity index (χ3n) is 2.96. The summed E-state index contributed by atoms with van der Waals surface area (Å²) in [5, 5.41) is 4.32. The molecule has 1 heterocycles. The predicted molar refractivity (Wildman–Crippen MR) is 87.6 cm³/mol. The van der Waals surface area contributed by atoms with E-state index in [0.29, 0.717) is 6.04 Å². The van der Waals surface area contributed by atoms with E-state index in [2.05, 4.69) is 35.4 Å². The molecule has 0 aliphatic heterocycles. The van der Waals surface area contributed by atoms with Gasteiger partial charge in [0.25, 0.3) is 0 Å². The van der Waals surface area contributed by atoms with E-state index in [9.17, 15) is 0 Å². The van der Waals surface area contributed by atoms with Crippen molar-refractivity contribution >= 4 is 23.4 Å². The van der Waals surface area contributed by atoms with Crippen molar-refractivity contribution in [2.45, 2.75) is 24.3 Å². The summed E-state index contributed by atoms with van der Waals surface area (Å²) in [6.07, 6.45) is 4.76. The van der Waals surface area contributed by atoms with Crippen LogP contribution in [-0.4, -0.2) is 23.3 Å². The van der Waals surface area contributed by atoms with Crippen molar-refractivity contribution in [2.75, 3.05) is 12.3 Å². The number of aromatic nitrogens is 1.